The van der Waals surface area contributed by atoms with E-state index in [0.717, 1.165) is 46.2 Å². The van der Waals surface area contributed by atoms with Crippen molar-refractivity contribution >= 4 is 50.1 Å². The van der Waals surface area contributed by atoms with Crippen molar-refractivity contribution in [3.8, 4) is 16.1 Å². The monoisotopic (exact) mass is 518 g/mol. The molecule has 1 fully saturated rings. The van der Waals surface area contributed by atoms with Crippen molar-refractivity contribution in [2.45, 2.75) is 12.8 Å². The molecular weight excluding hydrogens is 492 g/mol. The van der Waals surface area contributed by atoms with Gasteiger partial charge in [-0.2, -0.15) is 0 Å². The molecule has 0 aliphatic carbocycles. The lowest BCUT2D eigenvalue weighted by molar-refractivity contribution is 0.346. The van der Waals surface area contributed by atoms with Gasteiger partial charge in [0, 0.05) is 37.1 Å². The second-order valence-corrected chi connectivity index (χ2v) is 10.9. The molecule has 0 bridgehead atoms. The number of anilines is 1. The predicted octanol–water partition coefficient (Wildman–Crippen LogP) is 5.19. The fourth-order valence-corrected chi connectivity index (χ4v) is 6.09. The van der Waals surface area contributed by atoms with Crippen LogP contribution in [-0.4, -0.2) is 57.2 Å². The summed E-state index contributed by atoms with van der Waals surface area (Å²) >= 11 is 7.48. The molecule has 0 spiro atoms. The molecule has 7 nitrogen and oxygen atoms in total. The Morgan fingerprint density at radius 3 is 2.61 bits per heavy atom. The maximum Gasteiger partial charge on any atom is 0.275 e. The number of hydrogen-bond acceptors (Lipinski definition) is 6. The summed E-state index contributed by atoms with van der Waals surface area (Å²) in [6, 6.07) is 15.5. The van der Waals surface area contributed by atoms with Crippen molar-refractivity contribution < 1.29 is 0 Å². The molecule has 2 aromatic carbocycles. The minimum Gasteiger partial charge on any atom is -0.344 e. The zero-order valence-electron chi connectivity index (χ0n) is 20.3. The topological polar surface area (TPSA) is 59.2 Å². The quantitative estimate of drug-likeness (QED) is 0.310. The average Bonchev–Trinajstić information content (AvgIpc) is 3.63. The van der Waals surface area contributed by atoms with Gasteiger partial charge in [0.2, 0.25) is 5.95 Å². The van der Waals surface area contributed by atoms with Crippen LogP contribution in [0.5, 0.6) is 0 Å². The number of hydrogen-bond donors (Lipinski definition) is 0. The van der Waals surface area contributed by atoms with Crippen molar-refractivity contribution in [3.63, 3.8) is 0 Å². The van der Waals surface area contributed by atoms with Gasteiger partial charge in [-0.1, -0.05) is 23.7 Å². The maximum absolute atomic E-state index is 13.4. The number of likely N-dealkylation sites (N-methyl/N-ethyl adjacent to an activating group) is 1. The Labute approximate surface area is 218 Å². The fourth-order valence-electron chi connectivity index (χ4n) is 4.92. The van der Waals surface area contributed by atoms with Crippen LogP contribution in [0.2, 0.25) is 5.02 Å². The van der Waals surface area contributed by atoms with Crippen molar-refractivity contribution in [2.24, 2.45) is 7.05 Å². The van der Waals surface area contributed by atoms with Crippen molar-refractivity contribution in [1.82, 2.24) is 24.0 Å². The number of halogens is 1. The molecule has 4 heterocycles. The van der Waals surface area contributed by atoms with E-state index in [2.05, 4.69) is 26.4 Å². The molecule has 1 saturated heterocycles. The Balaban J connectivity index is 1.32. The number of rotatable bonds is 6. The van der Waals surface area contributed by atoms with Gasteiger partial charge in [0.15, 0.2) is 0 Å². The van der Waals surface area contributed by atoms with E-state index in [1.807, 2.05) is 55.6 Å². The Kier molecular flexibility index (Phi) is 6.03. The molecular formula is C27H27ClN6OS. The SMILES string of the molecule is CN(CCN1CCCC1)c1nc2cc(-n3cnc4cc(-c5ccc(Cl)cc5)sc4c3=O)ccc2n1C. The minimum absolute atomic E-state index is 0.0801. The fraction of sp³-hybridized carbons (Fsp3) is 0.296. The van der Waals surface area contributed by atoms with E-state index in [1.165, 1.54) is 37.3 Å². The molecule has 0 N–H and O–H groups in total. The number of aryl methyl sites for hydroxylation is 1. The molecule has 6 rings (SSSR count). The molecule has 0 saturated carbocycles. The molecule has 3 aromatic heterocycles. The van der Waals surface area contributed by atoms with Gasteiger partial charge in [-0.05, 0) is 67.9 Å². The van der Waals surface area contributed by atoms with Crippen LogP contribution in [0.4, 0.5) is 5.95 Å². The Morgan fingerprint density at radius 1 is 1.06 bits per heavy atom. The third-order valence-corrected chi connectivity index (χ3v) is 8.39. The van der Waals surface area contributed by atoms with Crippen LogP contribution < -0.4 is 10.5 Å². The molecule has 9 heteroatoms. The minimum atomic E-state index is -0.0801. The highest BCUT2D eigenvalue weighted by atomic mass is 35.5. The molecule has 0 unspecified atom stereocenters. The van der Waals surface area contributed by atoms with Crippen molar-refractivity contribution in [1.29, 1.82) is 0 Å². The van der Waals surface area contributed by atoms with Crippen LogP contribution in [-0.2, 0) is 7.05 Å². The molecule has 36 heavy (non-hydrogen) atoms. The number of nitrogens with zero attached hydrogens (tertiary/aromatic N) is 6. The Morgan fingerprint density at radius 2 is 1.83 bits per heavy atom. The molecule has 1 aliphatic rings. The van der Waals surface area contributed by atoms with Gasteiger partial charge < -0.3 is 14.4 Å². The van der Waals surface area contributed by atoms with Gasteiger partial charge in [-0.25, -0.2) is 9.97 Å². The summed E-state index contributed by atoms with van der Waals surface area (Å²) in [4.78, 5) is 28.6. The highest BCUT2D eigenvalue weighted by Crippen LogP contribution is 2.32. The largest absolute Gasteiger partial charge is 0.344 e. The summed E-state index contributed by atoms with van der Waals surface area (Å²) in [6.45, 7) is 4.36. The van der Waals surface area contributed by atoms with Crippen LogP contribution in [0.15, 0.2) is 59.7 Å². The number of likely N-dealkylation sites (tertiary alicyclic amines) is 1. The summed E-state index contributed by atoms with van der Waals surface area (Å²) in [5.74, 6) is 0.924. The predicted molar refractivity (Wildman–Crippen MR) is 149 cm³/mol. The van der Waals surface area contributed by atoms with Crippen molar-refractivity contribution in [2.75, 3.05) is 38.1 Å². The number of imidazole rings is 1. The van der Waals surface area contributed by atoms with Gasteiger partial charge in [0.05, 0.1) is 22.2 Å². The van der Waals surface area contributed by atoms with Gasteiger partial charge in [-0.3, -0.25) is 9.36 Å². The normalized spacial score (nSPS) is 14.3. The lowest BCUT2D eigenvalue weighted by atomic mass is 10.2. The van der Waals surface area contributed by atoms with E-state index >= 15 is 0 Å². The van der Waals surface area contributed by atoms with E-state index in [-0.39, 0.29) is 5.56 Å². The zero-order chi connectivity index (χ0) is 24.8. The molecule has 0 radical (unpaired) electrons. The zero-order valence-corrected chi connectivity index (χ0v) is 21.9. The van der Waals surface area contributed by atoms with Crippen LogP contribution in [0, 0.1) is 0 Å². The van der Waals surface area contributed by atoms with Crippen LogP contribution >= 0.6 is 22.9 Å². The van der Waals surface area contributed by atoms with Gasteiger partial charge >= 0.3 is 0 Å². The van der Waals surface area contributed by atoms with Crippen LogP contribution in [0.25, 0.3) is 37.4 Å². The van der Waals surface area contributed by atoms with E-state index in [4.69, 9.17) is 16.6 Å². The second-order valence-electron chi connectivity index (χ2n) is 9.37. The first-order valence-corrected chi connectivity index (χ1v) is 13.3. The summed E-state index contributed by atoms with van der Waals surface area (Å²) in [7, 11) is 4.13. The van der Waals surface area contributed by atoms with Crippen LogP contribution in [0.1, 0.15) is 12.8 Å². The lowest BCUT2D eigenvalue weighted by Crippen LogP contribution is -2.32. The summed E-state index contributed by atoms with van der Waals surface area (Å²) in [5.41, 5.74) is 4.29. The summed E-state index contributed by atoms with van der Waals surface area (Å²) in [5, 5.41) is 0.686. The third-order valence-electron chi connectivity index (χ3n) is 6.98. The van der Waals surface area contributed by atoms with E-state index in [1.54, 1.807) is 10.9 Å². The standard InChI is InChI=1S/C27H27ClN6OS/c1-31(13-14-33-11-3-4-12-33)27-30-21-15-20(9-10-23(21)32(27)2)34-17-29-22-16-24(36-25(22)26(34)35)18-5-7-19(28)8-6-18/h5-10,15-17H,3-4,11-14H2,1-2H3. The number of fused-ring (bicyclic) bond motifs is 2. The second kappa shape index (κ2) is 9.35. The Bertz CT molecular complexity index is 1610. The maximum atomic E-state index is 13.4. The van der Waals surface area contributed by atoms with Gasteiger partial charge in [-0.15, -0.1) is 11.3 Å². The number of aromatic nitrogens is 4. The summed E-state index contributed by atoms with van der Waals surface area (Å²) < 4.78 is 4.35. The molecule has 5 aromatic rings. The van der Waals surface area contributed by atoms with Crippen LogP contribution in [0.3, 0.4) is 0 Å². The first-order chi connectivity index (χ1) is 17.5. The first-order valence-electron chi connectivity index (χ1n) is 12.2. The van der Waals surface area contributed by atoms with Gasteiger partial charge in [0.25, 0.3) is 5.56 Å². The first kappa shape index (κ1) is 23.2. The third kappa shape index (κ3) is 4.19. The van der Waals surface area contributed by atoms with E-state index in [0.29, 0.717) is 15.2 Å². The highest BCUT2D eigenvalue weighted by molar-refractivity contribution is 7.22. The lowest BCUT2D eigenvalue weighted by Gasteiger charge is -2.22. The highest BCUT2D eigenvalue weighted by Gasteiger charge is 2.17. The van der Waals surface area contributed by atoms with E-state index < -0.39 is 0 Å². The molecule has 0 amide bonds. The molecule has 0 atom stereocenters. The smallest absolute Gasteiger partial charge is 0.275 e. The van der Waals surface area contributed by atoms with Crippen molar-refractivity contribution in [3.05, 3.63) is 70.2 Å². The average molecular weight is 519 g/mol. The Hall–Kier alpha value is -3.20. The number of thiophene rings is 1. The summed E-state index contributed by atoms with van der Waals surface area (Å²) in [6.07, 6.45) is 4.20. The molecule has 184 valence electrons. The molecule has 1 aliphatic heterocycles. The van der Waals surface area contributed by atoms with Gasteiger partial charge in [0.1, 0.15) is 11.0 Å². The number of benzene rings is 2. The van der Waals surface area contributed by atoms with E-state index in [9.17, 15) is 4.79 Å².